The van der Waals surface area contributed by atoms with Gasteiger partial charge in [-0.1, -0.05) is 15.9 Å². The fourth-order valence-corrected chi connectivity index (χ4v) is 1.28. The highest BCUT2D eigenvalue weighted by Crippen LogP contribution is 2.14. The van der Waals surface area contributed by atoms with Crippen LogP contribution in [0.4, 0.5) is 5.69 Å². The number of hydrogen-bond donors (Lipinski definition) is 1. The zero-order chi connectivity index (χ0) is 11.4. The Hall–Kier alpha value is -1.34. The molecule has 0 aliphatic heterocycles. The number of benzene rings is 1. The second-order valence-corrected chi connectivity index (χ2v) is 4.68. The summed E-state index contributed by atoms with van der Waals surface area (Å²) in [7, 11) is 0. The van der Waals surface area contributed by atoms with Crippen molar-refractivity contribution in [3.05, 3.63) is 29.3 Å². The third-order valence-electron chi connectivity index (χ3n) is 1.84. The van der Waals surface area contributed by atoms with E-state index in [1.807, 2.05) is 19.1 Å². The quantitative estimate of drug-likeness (QED) is 0.837. The molecular formula is C11H11BrN2O. The van der Waals surface area contributed by atoms with E-state index < -0.39 is 0 Å². The molecule has 1 aromatic rings. The molecule has 1 unspecified atom stereocenters. The molecule has 3 nitrogen and oxygen atoms in total. The van der Waals surface area contributed by atoms with E-state index in [1.54, 1.807) is 19.1 Å². The molecule has 0 aromatic heterocycles. The van der Waals surface area contributed by atoms with Crippen LogP contribution in [0.1, 0.15) is 18.1 Å². The van der Waals surface area contributed by atoms with Crippen LogP contribution >= 0.6 is 15.9 Å². The van der Waals surface area contributed by atoms with Crippen LogP contribution in [0.5, 0.6) is 0 Å². The number of hydrogen-bond acceptors (Lipinski definition) is 2. The number of halogens is 1. The van der Waals surface area contributed by atoms with Crippen molar-refractivity contribution in [1.82, 2.24) is 0 Å². The summed E-state index contributed by atoms with van der Waals surface area (Å²) in [6.45, 7) is 3.63. The lowest BCUT2D eigenvalue weighted by Crippen LogP contribution is -2.19. The smallest absolute Gasteiger partial charge is 0.237 e. The first kappa shape index (κ1) is 11.7. The van der Waals surface area contributed by atoms with Crippen molar-refractivity contribution < 1.29 is 4.79 Å². The van der Waals surface area contributed by atoms with E-state index in [-0.39, 0.29) is 10.7 Å². The lowest BCUT2D eigenvalue weighted by atomic mass is 10.1. The Balaban J connectivity index is 2.92. The van der Waals surface area contributed by atoms with Gasteiger partial charge in [-0.3, -0.25) is 4.79 Å². The summed E-state index contributed by atoms with van der Waals surface area (Å²) >= 11 is 3.17. The summed E-state index contributed by atoms with van der Waals surface area (Å²) in [6, 6.07) is 7.30. The highest BCUT2D eigenvalue weighted by atomic mass is 79.9. The van der Waals surface area contributed by atoms with Crippen molar-refractivity contribution in [2.24, 2.45) is 0 Å². The molecule has 4 heteroatoms. The van der Waals surface area contributed by atoms with E-state index >= 15 is 0 Å². The summed E-state index contributed by atoms with van der Waals surface area (Å²) in [5.74, 6) is -0.121. The second kappa shape index (κ2) is 4.94. The average molecular weight is 267 g/mol. The third kappa shape index (κ3) is 3.37. The fraction of sp³-hybridized carbons (Fsp3) is 0.273. The maximum absolute atomic E-state index is 11.4. The predicted octanol–water partition coefficient (Wildman–Crippen LogP) is 2.59. The van der Waals surface area contributed by atoms with Gasteiger partial charge in [-0.15, -0.1) is 0 Å². The number of nitrogens with one attached hydrogen (secondary N) is 1. The van der Waals surface area contributed by atoms with Crippen LogP contribution < -0.4 is 5.32 Å². The first-order chi connectivity index (χ1) is 7.02. The fourth-order valence-electron chi connectivity index (χ4n) is 1.16. The number of carbonyl (C=O) groups excluding carboxylic acids is 1. The average Bonchev–Trinajstić information content (AvgIpc) is 2.16. The van der Waals surface area contributed by atoms with Gasteiger partial charge in [0.2, 0.25) is 5.91 Å². The Labute approximate surface area is 97.2 Å². The summed E-state index contributed by atoms with van der Waals surface area (Å²) in [6.07, 6.45) is 0. The molecule has 78 valence electrons. The van der Waals surface area contributed by atoms with Crippen LogP contribution in [-0.4, -0.2) is 10.7 Å². The zero-order valence-corrected chi connectivity index (χ0v) is 10.1. The molecule has 0 saturated carbocycles. The molecule has 1 aromatic carbocycles. The molecule has 0 heterocycles. The molecule has 0 fully saturated rings. The SMILES string of the molecule is Cc1cc(C#N)cc(NC(=O)C(C)Br)c1. The van der Waals surface area contributed by atoms with Gasteiger partial charge in [0.25, 0.3) is 0 Å². The number of carbonyl (C=O) groups is 1. The minimum atomic E-state index is -0.247. The van der Waals surface area contributed by atoms with Crippen molar-refractivity contribution in [3.8, 4) is 6.07 Å². The van der Waals surface area contributed by atoms with Gasteiger partial charge >= 0.3 is 0 Å². The van der Waals surface area contributed by atoms with E-state index in [4.69, 9.17) is 5.26 Å². The van der Waals surface area contributed by atoms with E-state index in [9.17, 15) is 4.79 Å². The Bertz CT molecular complexity index is 421. The Morgan fingerprint density at radius 3 is 2.73 bits per heavy atom. The van der Waals surface area contributed by atoms with E-state index in [1.165, 1.54) is 0 Å². The molecule has 0 spiro atoms. The molecular weight excluding hydrogens is 256 g/mol. The highest BCUT2D eigenvalue weighted by molar-refractivity contribution is 9.10. The number of nitrogens with zero attached hydrogens (tertiary/aromatic N) is 1. The number of rotatable bonds is 2. The Morgan fingerprint density at radius 2 is 2.20 bits per heavy atom. The van der Waals surface area contributed by atoms with Gasteiger partial charge < -0.3 is 5.32 Å². The zero-order valence-electron chi connectivity index (χ0n) is 8.54. The topological polar surface area (TPSA) is 52.9 Å². The highest BCUT2D eigenvalue weighted by Gasteiger charge is 2.09. The molecule has 1 atom stereocenters. The molecule has 0 aliphatic rings. The minimum Gasteiger partial charge on any atom is -0.325 e. The predicted molar refractivity (Wildman–Crippen MR) is 62.9 cm³/mol. The van der Waals surface area contributed by atoms with E-state index in [0.29, 0.717) is 11.3 Å². The van der Waals surface area contributed by atoms with Crippen LogP contribution in [0.2, 0.25) is 0 Å². The minimum absolute atomic E-state index is 0.121. The normalized spacial score (nSPS) is 11.6. The van der Waals surface area contributed by atoms with Gasteiger partial charge in [-0.2, -0.15) is 5.26 Å². The van der Waals surface area contributed by atoms with E-state index in [2.05, 4.69) is 21.2 Å². The number of anilines is 1. The van der Waals surface area contributed by atoms with Crippen molar-refractivity contribution in [3.63, 3.8) is 0 Å². The summed E-state index contributed by atoms with van der Waals surface area (Å²) in [4.78, 5) is 11.1. The largest absolute Gasteiger partial charge is 0.325 e. The number of alkyl halides is 1. The van der Waals surface area contributed by atoms with Gasteiger partial charge in [0.05, 0.1) is 16.5 Å². The number of amides is 1. The molecule has 0 aliphatic carbocycles. The van der Waals surface area contributed by atoms with Crippen molar-refractivity contribution in [1.29, 1.82) is 5.26 Å². The van der Waals surface area contributed by atoms with Crippen LogP contribution in [0.3, 0.4) is 0 Å². The molecule has 1 amide bonds. The number of aryl methyl sites for hydroxylation is 1. The summed E-state index contributed by atoms with van der Waals surface area (Å²) in [5.41, 5.74) is 2.15. The van der Waals surface area contributed by atoms with Gasteiger partial charge in [0.15, 0.2) is 0 Å². The summed E-state index contributed by atoms with van der Waals surface area (Å²) in [5, 5.41) is 11.5. The molecule has 15 heavy (non-hydrogen) atoms. The van der Waals surface area contributed by atoms with Crippen molar-refractivity contribution in [2.45, 2.75) is 18.7 Å². The van der Waals surface area contributed by atoms with E-state index in [0.717, 1.165) is 5.56 Å². The standard InChI is InChI=1S/C11H11BrN2O/c1-7-3-9(6-13)5-10(4-7)14-11(15)8(2)12/h3-5,8H,1-2H3,(H,14,15). The Kier molecular flexibility index (Phi) is 3.87. The molecule has 1 rings (SSSR count). The molecule has 0 bridgehead atoms. The van der Waals surface area contributed by atoms with Crippen LogP contribution in [0.15, 0.2) is 18.2 Å². The summed E-state index contributed by atoms with van der Waals surface area (Å²) < 4.78 is 0. The van der Waals surface area contributed by atoms with Gasteiger partial charge in [0, 0.05) is 5.69 Å². The van der Waals surface area contributed by atoms with Crippen molar-refractivity contribution >= 4 is 27.5 Å². The van der Waals surface area contributed by atoms with Gasteiger partial charge in [0.1, 0.15) is 0 Å². The van der Waals surface area contributed by atoms with Crippen LogP contribution in [0.25, 0.3) is 0 Å². The second-order valence-electron chi connectivity index (χ2n) is 3.30. The lowest BCUT2D eigenvalue weighted by molar-refractivity contribution is -0.115. The van der Waals surface area contributed by atoms with Crippen LogP contribution in [0, 0.1) is 18.3 Å². The monoisotopic (exact) mass is 266 g/mol. The number of nitriles is 1. The first-order valence-electron chi connectivity index (χ1n) is 4.49. The van der Waals surface area contributed by atoms with Gasteiger partial charge in [-0.05, 0) is 37.6 Å². The van der Waals surface area contributed by atoms with Crippen LogP contribution in [-0.2, 0) is 4.79 Å². The maximum atomic E-state index is 11.4. The maximum Gasteiger partial charge on any atom is 0.237 e. The third-order valence-corrected chi connectivity index (χ3v) is 2.25. The molecule has 0 saturated heterocycles. The first-order valence-corrected chi connectivity index (χ1v) is 5.41. The molecule has 1 N–H and O–H groups in total. The van der Waals surface area contributed by atoms with Gasteiger partial charge in [-0.25, -0.2) is 0 Å². The van der Waals surface area contributed by atoms with Crippen molar-refractivity contribution in [2.75, 3.05) is 5.32 Å². The Morgan fingerprint density at radius 1 is 1.53 bits per heavy atom. The lowest BCUT2D eigenvalue weighted by Gasteiger charge is -2.07. The molecule has 0 radical (unpaired) electrons.